The van der Waals surface area contributed by atoms with E-state index in [2.05, 4.69) is 5.16 Å². The van der Waals surface area contributed by atoms with Gasteiger partial charge in [0.15, 0.2) is 5.84 Å². The molecule has 0 amide bonds. The Bertz CT molecular complexity index is 601. The zero-order chi connectivity index (χ0) is 16.0. The van der Waals surface area contributed by atoms with Crippen LogP contribution in [-0.4, -0.2) is 37.6 Å². The van der Waals surface area contributed by atoms with Crippen LogP contribution in [0.3, 0.4) is 0 Å². The van der Waals surface area contributed by atoms with E-state index in [0.29, 0.717) is 24.3 Å². The van der Waals surface area contributed by atoms with Crippen LogP contribution in [0.25, 0.3) is 0 Å². The molecule has 6 nitrogen and oxygen atoms in total. The van der Waals surface area contributed by atoms with Gasteiger partial charge in [-0.25, -0.2) is 8.42 Å². The van der Waals surface area contributed by atoms with E-state index in [1.54, 1.807) is 19.1 Å². The molecule has 0 aliphatic carbocycles. The average molecular weight is 314 g/mol. The van der Waals surface area contributed by atoms with Crippen LogP contribution in [0.2, 0.25) is 0 Å². The summed E-state index contributed by atoms with van der Waals surface area (Å²) < 4.78 is 28.4. The Morgan fingerprint density at radius 3 is 2.38 bits per heavy atom. The van der Waals surface area contributed by atoms with Crippen molar-refractivity contribution in [2.24, 2.45) is 10.9 Å². The molecule has 0 radical (unpaired) electrons. The second-order valence-corrected chi connectivity index (χ2v) is 7.34. The summed E-state index contributed by atoms with van der Waals surface area (Å²) in [5.41, 5.74) is 7.89. The molecule has 0 spiro atoms. The first kappa shape index (κ1) is 17.3. The van der Waals surface area contributed by atoms with E-state index in [0.717, 1.165) is 11.1 Å². The number of ether oxygens (including phenoxy) is 1. The van der Waals surface area contributed by atoms with E-state index in [1.807, 2.05) is 13.8 Å². The average Bonchev–Trinajstić information content (AvgIpc) is 2.44. The lowest BCUT2D eigenvalue weighted by molar-refractivity contribution is 0.313. The summed E-state index contributed by atoms with van der Waals surface area (Å²) in [5, 5.41) is 11.7. The van der Waals surface area contributed by atoms with Gasteiger partial charge in [-0.15, -0.1) is 0 Å². The number of oxime groups is 1. The van der Waals surface area contributed by atoms with Crippen LogP contribution in [0.5, 0.6) is 5.75 Å². The van der Waals surface area contributed by atoms with Gasteiger partial charge < -0.3 is 15.7 Å². The maximum atomic E-state index is 11.4. The van der Waals surface area contributed by atoms with Crippen LogP contribution in [0, 0.1) is 13.8 Å². The molecule has 0 saturated heterocycles. The summed E-state index contributed by atoms with van der Waals surface area (Å²) in [7, 11) is -2.96. The number of rotatable bonds is 7. The second kappa shape index (κ2) is 7.31. The maximum Gasteiger partial charge on any atom is 0.170 e. The molecule has 1 aromatic rings. The largest absolute Gasteiger partial charge is 0.493 e. The molecule has 3 N–H and O–H groups in total. The van der Waals surface area contributed by atoms with Crippen molar-refractivity contribution in [2.45, 2.75) is 27.2 Å². The van der Waals surface area contributed by atoms with Gasteiger partial charge in [0.05, 0.1) is 12.4 Å². The van der Waals surface area contributed by atoms with E-state index in [1.165, 1.54) is 0 Å². The molecule has 0 aromatic heterocycles. The lowest BCUT2D eigenvalue weighted by atomic mass is 10.1. The Labute approximate surface area is 125 Å². The number of benzene rings is 1. The molecule has 1 rings (SSSR count). The minimum absolute atomic E-state index is 0.0433. The molecule has 0 unspecified atom stereocenters. The van der Waals surface area contributed by atoms with Gasteiger partial charge in [-0.2, -0.15) is 0 Å². The fraction of sp³-hybridized carbons (Fsp3) is 0.500. The lowest BCUT2D eigenvalue weighted by Crippen LogP contribution is -2.15. The van der Waals surface area contributed by atoms with E-state index in [4.69, 9.17) is 15.7 Å². The summed E-state index contributed by atoms with van der Waals surface area (Å²) in [6.07, 6.45) is 0.455. The third-order valence-corrected chi connectivity index (χ3v) is 4.94. The Morgan fingerprint density at radius 1 is 1.33 bits per heavy atom. The van der Waals surface area contributed by atoms with Crippen molar-refractivity contribution in [3.8, 4) is 5.75 Å². The molecule has 0 saturated carbocycles. The van der Waals surface area contributed by atoms with Crippen LogP contribution in [0.1, 0.15) is 30.0 Å². The van der Waals surface area contributed by atoms with Gasteiger partial charge in [0, 0.05) is 11.3 Å². The maximum absolute atomic E-state index is 11.4. The van der Waals surface area contributed by atoms with E-state index in [9.17, 15) is 8.42 Å². The molecular formula is C14H22N2O4S. The van der Waals surface area contributed by atoms with Gasteiger partial charge in [-0.05, 0) is 43.5 Å². The Hall–Kier alpha value is -1.76. The highest BCUT2D eigenvalue weighted by molar-refractivity contribution is 7.91. The summed E-state index contributed by atoms with van der Waals surface area (Å²) in [5.74, 6) is 1.03. The zero-order valence-electron chi connectivity index (χ0n) is 12.6. The highest BCUT2D eigenvalue weighted by Gasteiger charge is 2.10. The monoisotopic (exact) mass is 314 g/mol. The topological polar surface area (TPSA) is 102 Å². The first-order chi connectivity index (χ1) is 9.80. The van der Waals surface area contributed by atoms with Gasteiger partial charge in [0.2, 0.25) is 0 Å². The van der Waals surface area contributed by atoms with E-state index < -0.39 is 9.84 Å². The molecule has 0 atom stereocenters. The van der Waals surface area contributed by atoms with Crippen LogP contribution in [0.15, 0.2) is 17.3 Å². The van der Waals surface area contributed by atoms with E-state index >= 15 is 0 Å². The summed E-state index contributed by atoms with van der Waals surface area (Å²) >= 11 is 0. The lowest BCUT2D eigenvalue weighted by Gasteiger charge is -2.13. The normalized spacial score (nSPS) is 12.4. The third-order valence-electron chi connectivity index (χ3n) is 3.15. The summed E-state index contributed by atoms with van der Waals surface area (Å²) in [6, 6.07) is 3.53. The van der Waals surface area contributed by atoms with Gasteiger partial charge in [-0.3, -0.25) is 0 Å². The standard InChI is InChI=1S/C14H22N2O4S/c1-4-21(18,19)7-5-6-20-13-10(2)8-12(9-11(13)3)14(15)16-17/h8-9,17H,4-7H2,1-3H3,(H2,15,16). The molecular weight excluding hydrogens is 292 g/mol. The predicted molar refractivity (Wildman–Crippen MR) is 82.9 cm³/mol. The van der Waals surface area contributed by atoms with Crippen molar-refractivity contribution in [1.82, 2.24) is 0 Å². The number of nitrogens with two attached hydrogens (primary N) is 1. The second-order valence-electron chi connectivity index (χ2n) is 4.86. The molecule has 0 aliphatic rings. The number of nitrogens with zero attached hydrogens (tertiary/aromatic N) is 1. The number of hydrogen-bond donors (Lipinski definition) is 2. The summed E-state index contributed by atoms with van der Waals surface area (Å²) in [6.45, 7) is 5.69. The first-order valence-electron chi connectivity index (χ1n) is 6.73. The Morgan fingerprint density at radius 2 is 1.90 bits per heavy atom. The molecule has 118 valence electrons. The molecule has 0 heterocycles. The number of amidine groups is 1. The Kier molecular flexibility index (Phi) is 6.02. The minimum atomic E-state index is -2.96. The van der Waals surface area contributed by atoms with Crippen molar-refractivity contribution in [2.75, 3.05) is 18.1 Å². The van der Waals surface area contributed by atoms with Crippen LogP contribution in [0.4, 0.5) is 0 Å². The van der Waals surface area contributed by atoms with Crippen molar-refractivity contribution in [3.63, 3.8) is 0 Å². The number of sulfone groups is 1. The summed E-state index contributed by atoms with van der Waals surface area (Å²) in [4.78, 5) is 0. The molecule has 0 fully saturated rings. The quantitative estimate of drug-likeness (QED) is 0.262. The molecule has 1 aromatic carbocycles. The third kappa shape index (κ3) is 4.93. The van der Waals surface area contributed by atoms with Crippen molar-refractivity contribution in [3.05, 3.63) is 28.8 Å². The fourth-order valence-electron chi connectivity index (χ4n) is 1.98. The van der Waals surface area contributed by atoms with E-state index in [-0.39, 0.29) is 17.3 Å². The van der Waals surface area contributed by atoms with Gasteiger partial charge >= 0.3 is 0 Å². The zero-order valence-corrected chi connectivity index (χ0v) is 13.4. The molecule has 0 aliphatic heterocycles. The molecule has 0 bridgehead atoms. The molecule has 7 heteroatoms. The number of hydrogen-bond acceptors (Lipinski definition) is 5. The first-order valence-corrected chi connectivity index (χ1v) is 8.55. The predicted octanol–water partition coefficient (Wildman–Crippen LogP) is 1.60. The van der Waals surface area contributed by atoms with Crippen molar-refractivity contribution < 1.29 is 18.4 Å². The minimum Gasteiger partial charge on any atom is -0.493 e. The van der Waals surface area contributed by atoms with Crippen LogP contribution in [-0.2, 0) is 9.84 Å². The number of aryl methyl sites for hydroxylation is 2. The van der Waals surface area contributed by atoms with Gasteiger partial charge in [0.25, 0.3) is 0 Å². The van der Waals surface area contributed by atoms with Crippen LogP contribution >= 0.6 is 0 Å². The van der Waals surface area contributed by atoms with Crippen LogP contribution < -0.4 is 10.5 Å². The van der Waals surface area contributed by atoms with Gasteiger partial charge in [0.1, 0.15) is 15.6 Å². The molecule has 21 heavy (non-hydrogen) atoms. The smallest absolute Gasteiger partial charge is 0.170 e. The highest BCUT2D eigenvalue weighted by Crippen LogP contribution is 2.25. The van der Waals surface area contributed by atoms with Crippen molar-refractivity contribution in [1.29, 1.82) is 0 Å². The van der Waals surface area contributed by atoms with Gasteiger partial charge in [-0.1, -0.05) is 12.1 Å². The van der Waals surface area contributed by atoms with Crippen molar-refractivity contribution >= 4 is 15.7 Å². The Balaban J connectivity index is 2.73. The highest BCUT2D eigenvalue weighted by atomic mass is 32.2. The SMILES string of the molecule is CCS(=O)(=O)CCCOc1c(C)cc(C(N)=NO)cc1C. The fourth-order valence-corrected chi connectivity index (χ4v) is 2.83.